The van der Waals surface area contributed by atoms with Crippen LogP contribution < -0.4 is 22.0 Å². The van der Waals surface area contributed by atoms with Crippen LogP contribution in [0.5, 0.6) is 0 Å². The minimum absolute atomic E-state index is 0.0172. The maximum absolute atomic E-state index is 15.2. The van der Waals surface area contributed by atoms with Crippen molar-refractivity contribution >= 4 is 22.7 Å². The summed E-state index contributed by atoms with van der Waals surface area (Å²) in [4.78, 5) is 39.3. The van der Waals surface area contributed by atoms with Crippen molar-refractivity contribution < 1.29 is 13.9 Å². The second kappa shape index (κ2) is 10.6. The van der Waals surface area contributed by atoms with Gasteiger partial charge in [-0.3, -0.25) is 9.36 Å². The summed E-state index contributed by atoms with van der Waals surface area (Å²) in [6.07, 6.45) is 7.81. The largest absolute Gasteiger partial charge is 0.443 e. The van der Waals surface area contributed by atoms with Gasteiger partial charge in [0.05, 0.1) is 16.6 Å². The third kappa shape index (κ3) is 5.01. The van der Waals surface area contributed by atoms with Crippen LogP contribution in [0, 0.1) is 5.82 Å². The van der Waals surface area contributed by atoms with E-state index in [2.05, 4.69) is 10.7 Å². The molecule has 0 saturated heterocycles. The molecule has 2 aromatic carbocycles. The van der Waals surface area contributed by atoms with Crippen LogP contribution >= 0.6 is 0 Å². The molecule has 0 aliphatic heterocycles. The zero-order valence-corrected chi connectivity index (χ0v) is 20.2. The van der Waals surface area contributed by atoms with Gasteiger partial charge in [-0.05, 0) is 43.4 Å². The van der Waals surface area contributed by atoms with Crippen LogP contribution in [0.25, 0.3) is 10.9 Å². The molecule has 2 saturated carbocycles. The Balaban J connectivity index is 1.51. The van der Waals surface area contributed by atoms with Crippen LogP contribution in [0.1, 0.15) is 69.4 Å². The van der Waals surface area contributed by atoms with Gasteiger partial charge in [-0.2, -0.15) is 4.68 Å². The van der Waals surface area contributed by atoms with Crippen LogP contribution in [-0.4, -0.2) is 21.4 Å². The molecule has 1 heterocycles. The number of benzene rings is 2. The lowest BCUT2D eigenvalue weighted by atomic mass is 9.95. The van der Waals surface area contributed by atoms with E-state index < -0.39 is 23.2 Å². The molecular formula is C27H31FN4O4. The summed E-state index contributed by atoms with van der Waals surface area (Å²) in [5, 5.41) is 3.33. The minimum atomic E-state index is -0.938. The molecule has 1 aromatic heterocycles. The van der Waals surface area contributed by atoms with Crippen molar-refractivity contribution in [3.05, 3.63) is 74.7 Å². The highest BCUT2D eigenvalue weighted by atomic mass is 19.1. The van der Waals surface area contributed by atoms with Crippen molar-refractivity contribution in [3.63, 3.8) is 0 Å². The van der Waals surface area contributed by atoms with Crippen molar-refractivity contribution in [1.82, 2.24) is 9.24 Å². The Kier molecular flexibility index (Phi) is 7.06. The van der Waals surface area contributed by atoms with Crippen molar-refractivity contribution in [1.29, 1.82) is 0 Å². The van der Waals surface area contributed by atoms with Crippen LogP contribution in [0.2, 0.25) is 0 Å². The fraction of sp³-hybridized carbons (Fsp3) is 0.444. The molecule has 190 valence electrons. The minimum Gasteiger partial charge on any atom is -0.443 e. The number of nitrogens with zero attached hydrogens (tertiary/aromatic N) is 2. The molecule has 0 radical (unpaired) electrons. The van der Waals surface area contributed by atoms with E-state index in [1.165, 1.54) is 17.1 Å². The number of halogens is 1. The van der Waals surface area contributed by atoms with Crippen molar-refractivity contribution in [2.45, 2.75) is 76.5 Å². The zero-order chi connectivity index (χ0) is 25.1. The third-order valence-electron chi connectivity index (χ3n) is 7.25. The van der Waals surface area contributed by atoms with E-state index >= 15 is 4.39 Å². The van der Waals surface area contributed by atoms with Crippen LogP contribution in [0.15, 0.2) is 52.1 Å². The first-order valence-electron chi connectivity index (χ1n) is 12.8. The predicted octanol–water partition coefficient (Wildman–Crippen LogP) is 5.04. The number of amides is 1. The number of carbonyl (C=O) groups excluding carboxylic acids is 1. The average Bonchev–Trinajstić information content (AvgIpc) is 3.42. The first-order valence-corrected chi connectivity index (χ1v) is 12.8. The Labute approximate surface area is 208 Å². The quantitative estimate of drug-likeness (QED) is 0.501. The first kappa shape index (κ1) is 24.1. The van der Waals surface area contributed by atoms with E-state index in [4.69, 9.17) is 4.74 Å². The molecule has 2 N–H and O–H groups in total. The second-order valence-electron chi connectivity index (χ2n) is 9.73. The van der Waals surface area contributed by atoms with E-state index in [1.807, 2.05) is 18.2 Å². The summed E-state index contributed by atoms with van der Waals surface area (Å²) < 4.78 is 22.5. The van der Waals surface area contributed by atoms with Crippen LogP contribution in [-0.2, 0) is 11.3 Å². The number of hydrogen-bond donors (Lipinski definition) is 2. The number of rotatable bonds is 6. The Bertz CT molecular complexity index is 1360. The molecule has 3 aromatic rings. The number of hydrogen-bond acceptors (Lipinski definition) is 5. The Hall–Kier alpha value is -3.62. The molecule has 9 heteroatoms. The Morgan fingerprint density at radius 1 is 0.972 bits per heavy atom. The lowest BCUT2D eigenvalue weighted by molar-refractivity contribution is 0.151. The number of aromatic nitrogens is 2. The van der Waals surface area contributed by atoms with Crippen LogP contribution in [0.3, 0.4) is 0 Å². The summed E-state index contributed by atoms with van der Waals surface area (Å²) in [5.41, 5.74) is 2.27. The van der Waals surface area contributed by atoms with Gasteiger partial charge < -0.3 is 10.1 Å². The van der Waals surface area contributed by atoms with Gasteiger partial charge in [0.1, 0.15) is 12.4 Å². The molecular weight excluding hydrogens is 463 g/mol. The fourth-order valence-corrected chi connectivity index (χ4v) is 5.39. The zero-order valence-electron chi connectivity index (χ0n) is 20.2. The number of nitrogens with one attached hydrogen (secondary N) is 2. The molecule has 36 heavy (non-hydrogen) atoms. The Morgan fingerprint density at radius 2 is 1.67 bits per heavy atom. The molecule has 2 fully saturated rings. The third-order valence-corrected chi connectivity index (χ3v) is 7.25. The van der Waals surface area contributed by atoms with Gasteiger partial charge in [-0.15, -0.1) is 0 Å². The summed E-state index contributed by atoms with van der Waals surface area (Å²) in [6, 6.07) is 11.8. The summed E-state index contributed by atoms with van der Waals surface area (Å²) in [7, 11) is 0. The van der Waals surface area contributed by atoms with E-state index in [9.17, 15) is 14.4 Å². The molecule has 5 rings (SSSR count). The van der Waals surface area contributed by atoms with Gasteiger partial charge in [0.2, 0.25) is 0 Å². The maximum Gasteiger partial charge on any atom is 0.427 e. The molecule has 2 aliphatic rings. The number of anilines is 1. The lowest BCUT2D eigenvalue weighted by Crippen LogP contribution is -2.47. The van der Waals surface area contributed by atoms with Gasteiger partial charge in [-0.25, -0.2) is 19.4 Å². The highest BCUT2D eigenvalue weighted by Gasteiger charge is 2.25. The SMILES string of the molecule is O=C(Nn1c(=O)c2cc(F)c(NC3CCCCC3)cc2n(C2CCCC2)c1=O)OCc1ccccc1. The second-order valence-corrected chi connectivity index (χ2v) is 9.73. The van der Waals surface area contributed by atoms with E-state index in [0.29, 0.717) is 15.9 Å². The normalized spacial score (nSPS) is 16.8. The lowest BCUT2D eigenvalue weighted by Gasteiger charge is -2.25. The predicted molar refractivity (Wildman–Crippen MR) is 136 cm³/mol. The highest BCUT2D eigenvalue weighted by Crippen LogP contribution is 2.32. The van der Waals surface area contributed by atoms with Crippen molar-refractivity contribution in [2.24, 2.45) is 0 Å². The van der Waals surface area contributed by atoms with Gasteiger partial charge in [0, 0.05) is 12.1 Å². The number of fused-ring (bicyclic) bond motifs is 1. The van der Waals surface area contributed by atoms with E-state index in [1.54, 1.807) is 18.2 Å². The smallest absolute Gasteiger partial charge is 0.427 e. The van der Waals surface area contributed by atoms with E-state index in [-0.39, 0.29) is 24.1 Å². The van der Waals surface area contributed by atoms with Gasteiger partial charge in [0.25, 0.3) is 5.56 Å². The molecule has 0 unspecified atom stereocenters. The highest BCUT2D eigenvalue weighted by molar-refractivity contribution is 5.83. The molecule has 0 atom stereocenters. The van der Waals surface area contributed by atoms with Crippen molar-refractivity contribution in [3.8, 4) is 0 Å². The van der Waals surface area contributed by atoms with Gasteiger partial charge in [0.15, 0.2) is 0 Å². The first-order chi connectivity index (χ1) is 17.5. The summed E-state index contributed by atoms with van der Waals surface area (Å²) >= 11 is 0. The molecule has 2 aliphatic carbocycles. The molecule has 0 spiro atoms. The average molecular weight is 495 g/mol. The Morgan fingerprint density at radius 3 is 2.39 bits per heavy atom. The van der Waals surface area contributed by atoms with Gasteiger partial charge in [-0.1, -0.05) is 62.4 Å². The molecule has 0 bridgehead atoms. The molecule has 8 nitrogen and oxygen atoms in total. The van der Waals surface area contributed by atoms with Crippen LogP contribution in [0.4, 0.5) is 14.9 Å². The fourth-order valence-electron chi connectivity index (χ4n) is 5.39. The van der Waals surface area contributed by atoms with E-state index in [0.717, 1.165) is 56.9 Å². The standard InChI is InChI=1S/C27H31FN4O4/c28-22-15-21-24(16-23(22)29-19-11-5-2-6-12-19)31(20-13-7-8-14-20)27(35)32(25(21)33)30-26(34)36-17-18-9-3-1-4-10-18/h1,3-4,9-10,15-16,19-20,29H,2,5-8,11-14,17H2,(H,30,34). The summed E-state index contributed by atoms with van der Waals surface area (Å²) in [6.45, 7) is -0.0172. The molecule has 1 amide bonds. The number of ether oxygens (including phenoxy) is 1. The van der Waals surface area contributed by atoms with Crippen molar-refractivity contribution in [2.75, 3.05) is 10.7 Å². The van der Waals surface area contributed by atoms with Gasteiger partial charge >= 0.3 is 11.8 Å². The monoisotopic (exact) mass is 494 g/mol. The maximum atomic E-state index is 15.2. The topological polar surface area (TPSA) is 94.4 Å². The summed E-state index contributed by atoms with van der Waals surface area (Å²) in [5.74, 6) is -0.556. The number of carbonyl (C=O) groups is 1.